The van der Waals surface area contributed by atoms with Crippen molar-refractivity contribution in [1.82, 2.24) is 19.8 Å². The summed E-state index contributed by atoms with van der Waals surface area (Å²) in [6.07, 6.45) is 11.1. The Bertz CT molecular complexity index is 733. The van der Waals surface area contributed by atoms with Gasteiger partial charge in [0, 0.05) is 45.3 Å². The number of piperidine rings is 1. The first kappa shape index (κ1) is 18.2. The van der Waals surface area contributed by atoms with E-state index >= 15 is 0 Å². The summed E-state index contributed by atoms with van der Waals surface area (Å²) in [5.41, 5.74) is 1.67. The molecule has 146 valence electrons. The normalized spacial score (nSPS) is 23.7. The maximum Gasteiger partial charge on any atom is 0.249 e. The van der Waals surface area contributed by atoms with E-state index in [9.17, 15) is 9.59 Å². The highest BCUT2D eigenvalue weighted by atomic mass is 16.5. The lowest BCUT2D eigenvalue weighted by molar-refractivity contribution is -0.148. The van der Waals surface area contributed by atoms with Crippen LogP contribution in [0.5, 0.6) is 0 Å². The highest BCUT2D eigenvalue weighted by molar-refractivity contribution is 5.79. The number of aromatic amines is 1. The van der Waals surface area contributed by atoms with E-state index in [1.54, 1.807) is 13.4 Å². The molecule has 1 spiro atoms. The molecule has 3 heterocycles. The van der Waals surface area contributed by atoms with Crippen LogP contribution in [0, 0.1) is 5.92 Å². The molecular formula is C20H28N4O3. The summed E-state index contributed by atoms with van der Waals surface area (Å²) in [6.45, 7) is 2.08. The van der Waals surface area contributed by atoms with Crippen LogP contribution in [0.2, 0.25) is 0 Å². The number of hydrogen-bond donors (Lipinski definition) is 1. The van der Waals surface area contributed by atoms with Crippen molar-refractivity contribution in [2.75, 3.05) is 33.4 Å². The largest absolute Gasteiger partial charge is 0.375 e. The summed E-state index contributed by atoms with van der Waals surface area (Å²) in [6, 6.07) is 0. The number of nitrogens with one attached hydrogen (secondary N) is 1. The van der Waals surface area contributed by atoms with Gasteiger partial charge in [0.15, 0.2) is 0 Å². The molecule has 1 fully saturated rings. The molecule has 4 rings (SSSR count). The van der Waals surface area contributed by atoms with E-state index in [1.807, 2.05) is 9.80 Å². The van der Waals surface area contributed by atoms with E-state index in [4.69, 9.17) is 4.74 Å². The lowest BCUT2D eigenvalue weighted by atomic mass is 9.78. The number of H-pyrrole nitrogens is 1. The fraction of sp³-hybridized carbons (Fsp3) is 0.650. The van der Waals surface area contributed by atoms with Crippen LogP contribution in [0.1, 0.15) is 43.5 Å². The van der Waals surface area contributed by atoms with Gasteiger partial charge in [-0.05, 0) is 31.6 Å². The molecule has 0 unspecified atom stereocenters. The average Bonchev–Trinajstić information content (AvgIpc) is 3.35. The number of carbonyl (C=O) groups excluding carboxylic acids is 2. The van der Waals surface area contributed by atoms with Crippen molar-refractivity contribution in [2.45, 2.75) is 44.1 Å². The van der Waals surface area contributed by atoms with Gasteiger partial charge in [-0.2, -0.15) is 0 Å². The molecule has 7 nitrogen and oxygen atoms in total. The Hall–Kier alpha value is -2.15. The van der Waals surface area contributed by atoms with Crippen molar-refractivity contribution in [3.63, 3.8) is 0 Å². The molecule has 1 aliphatic carbocycles. The van der Waals surface area contributed by atoms with E-state index in [2.05, 4.69) is 22.1 Å². The van der Waals surface area contributed by atoms with Crippen LogP contribution in [0.25, 0.3) is 0 Å². The van der Waals surface area contributed by atoms with Crippen molar-refractivity contribution in [1.29, 1.82) is 0 Å². The number of aromatic nitrogens is 2. The zero-order valence-corrected chi connectivity index (χ0v) is 15.9. The van der Waals surface area contributed by atoms with Gasteiger partial charge in [-0.3, -0.25) is 9.59 Å². The van der Waals surface area contributed by atoms with Crippen molar-refractivity contribution < 1.29 is 14.3 Å². The van der Waals surface area contributed by atoms with Gasteiger partial charge in [0.25, 0.3) is 0 Å². The minimum atomic E-state index is -0.423. The second-order valence-corrected chi connectivity index (χ2v) is 7.84. The lowest BCUT2D eigenvalue weighted by Crippen LogP contribution is -2.59. The summed E-state index contributed by atoms with van der Waals surface area (Å²) < 4.78 is 5.10. The molecule has 1 saturated heterocycles. The van der Waals surface area contributed by atoms with Gasteiger partial charge in [0.1, 0.15) is 6.61 Å². The molecule has 0 saturated carbocycles. The molecular weight excluding hydrogens is 344 g/mol. The lowest BCUT2D eigenvalue weighted by Gasteiger charge is -2.50. The highest BCUT2D eigenvalue weighted by Gasteiger charge is 2.49. The van der Waals surface area contributed by atoms with Gasteiger partial charge in [-0.25, -0.2) is 4.98 Å². The molecule has 2 amide bonds. The Morgan fingerprint density at radius 3 is 2.81 bits per heavy atom. The quantitative estimate of drug-likeness (QED) is 0.815. The fourth-order valence-electron chi connectivity index (χ4n) is 4.89. The van der Waals surface area contributed by atoms with E-state index in [-0.39, 0.29) is 18.4 Å². The van der Waals surface area contributed by atoms with Gasteiger partial charge in [-0.1, -0.05) is 12.2 Å². The third kappa shape index (κ3) is 3.29. The topological polar surface area (TPSA) is 78.5 Å². The van der Waals surface area contributed by atoms with Crippen molar-refractivity contribution in [2.24, 2.45) is 5.92 Å². The van der Waals surface area contributed by atoms with Gasteiger partial charge >= 0.3 is 0 Å². The summed E-state index contributed by atoms with van der Waals surface area (Å²) >= 11 is 0. The maximum atomic E-state index is 12.7. The summed E-state index contributed by atoms with van der Waals surface area (Å²) in [5, 5.41) is 0. The molecule has 1 atom stereocenters. The number of hydrogen-bond acceptors (Lipinski definition) is 4. The second kappa shape index (κ2) is 7.46. The van der Waals surface area contributed by atoms with Crippen LogP contribution >= 0.6 is 0 Å². The number of ether oxygens (including phenoxy) is 1. The predicted molar refractivity (Wildman–Crippen MR) is 99.9 cm³/mol. The standard InChI is InChI=1S/C20H28N4O3/c1-27-13-18(26)24-9-6-16-19(22-14-21-16)20(24)7-10-23(11-8-20)17(25)12-15-4-2-3-5-15/h2,4,14-15H,3,5-13H2,1H3,(H,21,22)/t15-/m0/s1. The number of fused-ring (bicyclic) bond motifs is 2. The number of allylic oxidation sites excluding steroid dienone is 2. The minimum absolute atomic E-state index is 0.00187. The van der Waals surface area contributed by atoms with Crippen LogP contribution in [0.15, 0.2) is 18.5 Å². The first-order valence-electron chi connectivity index (χ1n) is 9.90. The van der Waals surface area contributed by atoms with E-state index in [0.29, 0.717) is 32.0 Å². The molecule has 3 aliphatic rings. The molecule has 1 aromatic heterocycles. The van der Waals surface area contributed by atoms with Crippen LogP contribution in [0.4, 0.5) is 0 Å². The molecule has 0 aromatic carbocycles. The molecule has 1 aromatic rings. The van der Waals surface area contributed by atoms with Crippen LogP contribution in [0.3, 0.4) is 0 Å². The maximum absolute atomic E-state index is 12.7. The Balaban J connectivity index is 1.50. The first-order chi connectivity index (χ1) is 13.1. The minimum Gasteiger partial charge on any atom is -0.375 e. The molecule has 27 heavy (non-hydrogen) atoms. The number of nitrogens with zero attached hydrogens (tertiary/aromatic N) is 3. The highest BCUT2D eigenvalue weighted by Crippen LogP contribution is 2.42. The van der Waals surface area contributed by atoms with Crippen molar-refractivity contribution in [3.05, 3.63) is 29.9 Å². The second-order valence-electron chi connectivity index (χ2n) is 7.84. The zero-order chi connectivity index (χ0) is 18.9. The molecule has 1 N–H and O–H groups in total. The summed E-state index contributed by atoms with van der Waals surface area (Å²) in [7, 11) is 1.55. The summed E-state index contributed by atoms with van der Waals surface area (Å²) in [5.74, 6) is 0.622. The number of amides is 2. The van der Waals surface area contributed by atoms with E-state index < -0.39 is 5.54 Å². The van der Waals surface area contributed by atoms with Crippen LogP contribution < -0.4 is 0 Å². The zero-order valence-electron chi connectivity index (χ0n) is 15.9. The first-order valence-corrected chi connectivity index (χ1v) is 9.90. The number of carbonyl (C=O) groups is 2. The van der Waals surface area contributed by atoms with Gasteiger partial charge in [0.05, 0.1) is 17.6 Å². The Morgan fingerprint density at radius 1 is 1.30 bits per heavy atom. The Morgan fingerprint density at radius 2 is 2.11 bits per heavy atom. The number of likely N-dealkylation sites (tertiary alicyclic amines) is 1. The molecule has 0 radical (unpaired) electrons. The van der Waals surface area contributed by atoms with Crippen molar-refractivity contribution >= 4 is 11.8 Å². The summed E-state index contributed by atoms with van der Waals surface area (Å²) in [4.78, 5) is 37.2. The number of rotatable bonds is 4. The third-order valence-corrected chi connectivity index (χ3v) is 6.32. The van der Waals surface area contributed by atoms with Gasteiger partial charge in [-0.15, -0.1) is 0 Å². The Kier molecular flexibility index (Phi) is 5.04. The van der Waals surface area contributed by atoms with E-state index in [0.717, 1.165) is 43.5 Å². The molecule has 0 bridgehead atoms. The third-order valence-electron chi connectivity index (χ3n) is 6.32. The smallest absolute Gasteiger partial charge is 0.249 e. The number of imidazole rings is 1. The van der Waals surface area contributed by atoms with Crippen LogP contribution in [-0.4, -0.2) is 64.9 Å². The number of methoxy groups -OCH3 is 1. The van der Waals surface area contributed by atoms with Gasteiger partial charge < -0.3 is 19.5 Å². The average molecular weight is 372 g/mol. The predicted octanol–water partition coefficient (Wildman–Crippen LogP) is 1.61. The molecule has 2 aliphatic heterocycles. The van der Waals surface area contributed by atoms with Crippen molar-refractivity contribution in [3.8, 4) is 0 Å². The molecule has 7 heteroatoms. The Labute approximate surface area is 159 Å². The van der Waals surface area contributed by atoms with Gasteiger partial charge in [0.2, 0.25) is 11.8 Å². The fourth-order valence-corrected chi connectivity index (χ4v) is 4.89. The monoisotopic (exact) mass is 372 g/mol. The van der Waals surface area contributed by atoms with E-state index in [1.165, 1.54) is 0 Å². The SMILES string of the molecule is COCC(=O)N1CCc2[nH]cnc2C12CCN(C(=O)C[C@H]1C=CCC1)CC2. The van der Waals surface area contributed by atoms with Crippen LogP contribution in [-0.2, 0) is 26.3 Å².